The number of ether oxygens (including phenoxy) is 1. The molecule has 1 heterocycles. The Morgan fingerprint density at radius 1 is 0.830 bits per heavy atom. The molecule has 5 rings (SSSR count). The molecule has 0 saturated carbocycles. The summed E-state index contributed by atoms with van der Waals surface area (Å²) >= 11 is 2.87. The van der Waals surface area contributed by atoms with Crippen LogP contribution in [0.25, 0.3) is 6.08 Å². The molecule has 0 aliphatic carbocycles. The van der Waals surface area contributed by atoms with Gasteiger partial charge in [-0.3, -0.25) is 14.4 Å². The molecule has 0 fully saturated rings. The summed E-state index contributed by atoms with van der Waals surface area (Å²) in [6.07, 6.45) is 3.69. The van der Waals surface area contributed by atoms with Crippen molar-refractivity contribution in [2.24, 2.45) is 0 Å². The highest BCUT2D eigenvalue weighted by atomic mass is 32.2. The Hall–Kier alpha value is -5.12. The molecule has 47 heavy (non-hydrogen) atoms. The van der Waals surface area contributed by atoms with E-state index in [4.69, 9.17) is 4.74 Å². The maximum atomic E-state index is 13.7. The van der Waals surface area contributed by atoms with Gasteiger partial charge in [0.25, 0.3) is 11.8 Å². The van der Waals surface area contributed by atoms with Gasteiger partial charge in [-0.05, 0) is 95.0 Å². The summed E-state index contributed by atoms with van der Waals surface area (Å²) in [6.45, 7) is 2.77. The lowest BCUT2D eigenvalue weighted by atomic mass is 10.1. The molecule has 238 valence electrons. The van der Waals surface area contributed by atoms with Gasteiger partial charge in [-0.2, -0.15) is 11.3 Å². The summed E-state index contributed by atoms with van der Waals surface area (Å²) in [6, 6.07) is 34.8. The Morgan fingerprint density at radius 3 is 2.28 bits per heavy atom. The highest BCUT2D eigenvalue weighted by Gasteiger charge is 2.23. The number of benzene rings is 4. The van der Waals surface area contributed by atoms with Crippen LogP contribution < -0.4 is 20.7 Å². The predicted molar refractivity (Wildman–Crippen MR) is 192 cm³/mol. The largest absolute Gasteiger partial charge is 0.494 e. The first-order valence-corrected chi connectivity index (χ1v) is 17.1. The second-order valence-electron chi connectivity index (χ2n) is 10.5. The lowest BCUT2D eigenvalue weighted by molar-refractivity contribution is -0.116. The molecule has 0 saturated heterocycles. The lowest BCUT2D eigenvalue weighted by Crippen LogP contribution is -2.30. The van der Waals surface area contributed by atoms with Crippen molar-refractivity contribution in [2.45, 2.75) is 29.9 Å². The summed E-state index contributed by atoms with van der Waals surface area (Å²) in [5.41, 5.74) is 3.38. The molecule has 1 atom stereocenters. The van der Waals surface area contributed by atoms with Crippen molar-refractivity contribution in [3.63, 3.8) is 0 Å². The van der Waals surface area contributed by atoms with E-state index in [0.717, 1.165) is 34.6 Å². The fourth-order valence-corrected chi connectivity index (χ4v) is 6.23. The first kappa shape index (κ1) is 33.2. The van der Waals surface area contributed by atoms with E-state index in [1.165, 1.54) is 23.1 Å². The average Bonchev–Trinajstić information content (AvgIpc) is 3.62. The summed E-state index contributed by atoms with van der Waals surface area (Å²) in [7, 11) is 0. The zero-order chi connectivity index (χ0) is 32.8. The summed E-state index contributed by atoms with van der Waals surface area (Å²) in [5, 5.41) is 11.9. The SMILES string of the molecule is CCCCOc1ccc(NC(=O)C(Sc2cccc(NC(=O)/C(=C/c3ccsc3)NC(=O)c3ccccc3)c2)c2ccccc2)cc1. The number of amides is 3. The van der Waals surface area contributed by atoms with Crippen LogP contribution in [-0.2, 0) is 9.59 Å². The van der Waals surface area contributed by atoms with E-state index in [1.807, 2.05) is 95.7 Å². The highest BCUT2D eigenvalue weighted by Crippen LogP contribution is 2.37. The van der Waals surface area contributed by atoms with Crippen LogP contribution in [0.1, 0.15) is 46.5 Å². The molecule has 7 nitrogen and oxygen atoms in total. The topological polar surface area (TPSA) is 96.5 Å². The molecule has 0 aliphatic rings. The first-order chi connectivity index (χ1) is 23.0. The van der Waals surface area contributed by atoms with Gasteiger partial charge in [0.15, 0.2) is 0 Å². The molecule has 0 spiro atoms. The fraction of sp³-hybridized carbons (Fsp3) is 0.132. The zero-order valence-corrected chi connectivity index (χ0v) is 27.5. The van der Waals surface area contributed by atoms with Gasteiger partial charge in [-0.1, -0.05) is 67.9 Å². The van der Waals surface area contributed by atoms with E-state index >= 15 is 0 Å². The Kier molecular flexibility index (Phi) is 12.0. The molecule has 0 aliphatic heterocycles. The highest BCUT2D eigenvalue weighted by molar-refractivity contribution is 8.00. The molecule has 1 aromatic heterocycles. The number of hydrogen-bond acceptors (Lipinski definition) is 6. The number of hydrogen-bond donors (Lipinski definition) is 3. The number of rotatable bonds is 14. The zero-order valence-electron chi connectivity index (χ0n) is 25.8. The molecule has 0 radical (unpaired) electrons. The summed E-state index contributed by atoms with van der Waals surface area (Å²) in [5.74, 6) is -0.277. The van der Waals surface area contributed by atoms with E-state index in [-0.39, 0.29) is 17.5 Å². The standard InChI is InChI=1S/C38H35N3O4S2/c1-2-3-22-45-32-19-17-30(18-20-32)39-38(44)35(28-11-6-4-7-12-28)47-33-16-10-15-31(25-33)40-37(43)34(24-27-21-23-46-26-27)41-36(42)29-13-8-5-9-14-29/h4-21,23-26,35H,2-3,22H2,1H3,(H,39,44)(H,40,43)(H,41,42)/b34-24-. The van der Waals surface area contributed by atoms with Gasteiger partial charge in [0, 0.05) is 21.8 Å². The van der Waals surface area contributed by atoms with Crippen LogP contribution in [-0.4, -0.2) is 24.3 Å². The first-order valence-electron chi connectivity index (χ1n) is 15.3. The number of carbonyl (C=O) groups is 3. The van der Waals surface area contributed by atoms with Crippen LogP contribution in [0.15, 0.2) is 137 Å². The maximum Gasteiger partial charge on any atom is 0.272 e. The maximum absolute atomic E-state index is 13.7. The van der Waals surface area contributed by atoms with Crippen LogP contribution in [0.2, 0.25) is 0 Å². The van der Waals surface area contributed by atoms with Gasteiger partial charge in [-0.25, -0.2) is 0 Å². The smallest absolute Gasteiger partial charge is 0.272 e. The molecule has 4 aromatic carbocycles. The van der Waals surface area contributed by atoms with Crippen LogP contribution in [0.4, 0.5) is 11.4 Å². The molecular formula is C38H35N3O4S2. The number of nitrogens with one attached hydrogen (secondary N) is 3. The van der Waals surface area contributed by atoms with E-state index in [0.29, 0.717) is 23.5 Å². The number of unbranched alkanes of at least 4 members (excludes halogenated alkanes) is 1. The number of anilines is 2. The number of thioether (sulfide) groups is 1. The van der Waals surface area contributed by atoms with E-state index in [2.05, 4.69) is 22.9 Å². The van der Waals surface area contributed by atoms with E-state index < -0.39 is 11.2 Å². The van der Waals surface area contributed by atoms with E-state index in [1.54, 1.807) is 36.4 Å². The van der Waals surface area contributed by atoms with Crippen molar-refractivity contribution in [3.8, 4) is 5.75 Å². The Balaban J connectivity index is 1.31. The summed E-state index contributed by atoms with van der Waals surface area (Å²) < 4.78 is 5.75. The second-order valence-corrected chi connectivity index (χ2v) is 12.5. The van der Waals surface area contributed by atoms with Crippen LogP contribution in [0.3, 0.4) is 0 Å². The molecule has 3 N–H and O–H groups in total. The van der Waals surface area contributed by atoms with Crippen LogP contribution in [0, 0.1) is 0 Å². The van der Waals surface area contributed by atoms with E-state index in [9.17, 15) is 14.4 Å². The summed E-state index contributed by atoms with van der Waals surface area (Å²) in [4.78, 5) is 40.9. The van der Waals surface area contributed by atoms with Crippen molar-refractivity contribution in [1.82, 2.24) is 5.32 Å². The molecule has 0 bridgehead atoms. The Morgan fingerprint density at radius 2 is 1.57 bits per heavy atom. The van der Waals surface area contributed by atoms with Crippen molar-refractivity contribution >= 4 is 58.3 Å². The monoisotopic (exact) mass is 661 g/mol. The average molecular weight is 662 g/mol. The van der Waals surface area contributed by atoms with Gasteiger partial charge < -0.3 is 20.7 Å². The molecular weight excluding hydrogens is 627 g/mol. The number of thiophene rings is 1. The number of carbonyl (C=O) groups excluding carboxylic acids is 3. The minimum Gasteiger partial charge on any atom is -0.494 e. The quantitative estimate of drug-likeness (QED) is 0.0628. The van der Waals surface area contributed by atoms with Gasteiger partial charge >= 0.3 is 0 Å². The predicted octanol–water partition coefficient (Wildman–Crippen LogP) is 8.81. The van der Waals surface area contributed by atoms with Crippen molar-refractivity contribution in [1.29, 1.82) is 0 Å². The molecule has 9 heteroatoms. The normalized spacial score (nSPS) is 11.7. The van der Waals surface area contributed by atoms with Gasteiger partial charge in [-0.15, -0.1) is 11.8 Å². The Labute approximate surface area is 283 Å². The van der Waals surface area contributed by atoms with Crippen LogP contribution in [0.5, 0.6) is 5.75 Å². The minimum atomic E-state index is -0.568. The van der Waals surface area contributed by atoms with Crippen molar-refractivity contribution < 1.29 is 19.1 Å². The lowest BCUT2D eigenvalue weighted by Gasteiger charge is -2.18. The fourth-order valence-electron chi connectivity index (χ4n) is 4.53. The Bertz CT molecular complexity index is 1790. The molecule has 3 amide bonds. The second kappa shape index (κ2) is 17.0. The van der Waals surface area contributed by atoms with Crippen molar-refractivity contribution in [3.05, 3.63) is 148 Å². The van der Waals surface area contributed by atoms with Crippen molar-refractivity contribution in [2.75, 3.05) is 17.2 Å². The third-order valence-corrected chi connectivity index (χ3v) is 8.91. The molecule has 5 aromatic rings. The van der Waals surface area contributed by atoms with Gasteiger partial charge in [0.1, 0.15) is 16.7 Å². The van der Waals surface area contributed by atoms with Gasteiger partial charge in [0.2, 0.25) is 5.91 Å². The third-order valence-electron chi connectivity index (χ3n) is 6.96. The van der Waals surface area contributed by atoms with Gasteiger partial charge in [0.05, 0.1) is 6.61 Å². The molecule has 1 unspecified atom stereocenters. The third kappa shape index (κ3) is 9.93. The van der Waals surface area contributed by atoms with Crippen LogP contribution >= 0.6 is 23.1 Å². The minimum absolute atomic E-state index is 0.110.